The van der Waals surface area contributed by atoms with Crippen LogP contribution in [0.5, 0.6) is 0 Å². The highest BCUT2D eigenvalue weighted by Gasteiger charge is 2.12. The van der Waals surface area contributed by atoms with E-state index < -0.39 is 0 Å². The van der Waals surface area contributed by atoms with Gasteiger partial charge < -0.3 is 4.90 Å². The maximum atomic E-state index is 13.5. The van der Waals surface area contributed by atoms with Crippen molar-refractivity contribution in [2.45, 2.75) is 0 Å². The number of rotatable bonds is 2. The van der Waals surface area contributed by atoms with Gasteiger partial charge in [-0.1, -0.05) is 30.3 Å². The van der Waals surface area contributed by atoms with Crippen molar-refractivity contribution in [1.29, 1.82) is 5.41 Å². The van der Waals surface area contributed by atoms with Crippen LogP contribution >= 0.6 is 0 Å². The fourth-order valence-electron chi connectivity index (χ4n) is 1.61. The quantitative estimate of drug-likeness (QED) is 0.619. The van der Waals surface area contributed by atoms with E-state index in [1.807, 2.05) is 30.3 Å². The van der Waals surface area contributed by atoms with Crippen LogP contribution in [0.15, 0.2) is 54.6 Å². The fourth-order valence-corrected chi connectivity index (χ4v) is 1.61. The van der Waals surface area contributed by atoms with Gasteiger partial charge in [0, 0.05) is 12.7 Å². The van der Waals surface area contributed by atoms with Gasteiger partial charge in [-0.05, 0) is 24.3 Å². The fraction of sp³-hybridized carbons (Fsp3) is 0.0714. The highest BCUT2D eigenvalue weighted by Crippen LogP contribution is 2.16. The summed E-state index contributed by atoms with van der Waals surface area (Å²) in [4.78, 5) is 1.65. The summed E-state index contributed by atoms with van der Waals surface area (Å²) in [6.45, 7) is 0. The van der Waals surface area contributed by atoms with Crippen LogP contribution in [-0.2, 0) is 0 Å². The molecule has 0 unspecified atom stereocenters. The Hall–Kier alpha value is -2.16. The Morgan fingerprint density at radius 2 is 1.59 bits per heavy atom. The molecule has 2 nitrogen and oxygen atoms in total. The lowest BCUT2D eigenvalue weighted by atomic mass is 10.1. The van der Waals surface area contributed by atoms with Gasteiger partial charge in [0.25, 0.3) is 0 Å². The van der Waals surface area contributed by atoms with Gasteiger partial charge in [0.15, 0.2) is 0 Å². The SMILES string of the molecule is CN(C(=N)c1ccccc1F)c1ccccc1. The normalized spacial score (nSPS) is 10.0. The maximum Gasteiger partial charge on any atom is 0.135 e. The standard InChI is InChI=1S/C14H13FN2/c1-17(11-7-3-2-4-8-11)14(16)12-9-5-6-10-13(12)15/h2-10,16H,1H3. The minimum Gasteiger partial charge on any atom is -0.329 e. The van der Waals surface area contributed by atoms with Gasteiger partial charge in [-0.2, -0.15) is 0 Å². The summed E-state index contributed by atoms with van der Waals surface area (Å²) < 4.78 is 13.5. The molecule has 0 atom stereocenters. The van der Waals surface area contributed by atoms with Gasteiger partial charge in [0.05, 0.1) is 5.56 Å². The van der Waals surface area contributed by atoms with Gasteiger partial charge in [-0.25, -0.2) is 4.39 Å². The summed E-state index contributed by atoms with van der Waals surface area (Å²) in [5.41, 5.74) is 1.17. The van der Waals surface area contributed by atoms with Crippen LogP contribution in [0.25, 0.3) is 0 Å². The molecular formula is C14H13FN2. The predicted molar refractivity (Wildman–Crippen MR) is 68.1 cm³/mol. The van der Waals surface area contributed by atoms with E-state index in [0.29, 0.717) is 5.56 Å². The molecule has 0 bridgehead atoms. The summed E-state index contributed by atoms with van der Waals surface area (Å²) in [5.74, 6) is -0.227. The Bertz CT molecular complexity index is 523. The largest absolute Gasteiger partial charge is 0.329 e. The second-order valence-electron chi connectivity index (χ2n) is 3.72. The van der Waals surface area contributed by atoms with Crippen molar-refractivity contribution in [3.05, 3.63) is 66.0 Å². The number of amidine groups is 1. The Kier molecular flexibility index (Phi) is 3.19. The molecule has 0 spiro atoms. The summed E-state index contributed by atoms with van der Waals surface area (Å²) in [6.07, 6.45) is 0. The van der Waals surface area contributed by atoms with Crippen molar-refractivity contribution in [1.82, 2.24) is 0 Å². The van der Waals surface area contributed by atoms with Crippen molar-refractivity contribution in [3.63, 3.8) is 0 Å². The first-order chi connectivity index (χ1) is 8.20. The van der Waals surface area contributed by atoms with E-state index in [1.165, 1.54) is 6.07 Å². The van der Waals surface area contributed by atoms with Crippen LogP contribution in [0.2, 0.25) is 0 Å². The van der Waals surface area contributed by atoms with Crippen LogP contribution in [0.4, 0.5) is 10.1 Å². The van der Waals surface area contributed by atoms with Crippen molar-refractivity contribution in [2.75, 3.05) is 11.9 Å². The summed E-state index contributed by atoms with van der Waals surface area (Å²) in [5, 5.41) is 8.00. The molecule has 0 saturated carbocycles. The van der Waals surface area contributed by atoms with Gasteiger partial charge in [0.1, 0.15) is 11.7 Å². The second-order valence-corrected chi connectivity index (χ2v) is 3.72. The zero-order chi connectivity index (χ0) is 12.3. The van der Waals surface area contributed by atoms with Crippen molar-refractivity contribution < 1.29 is 4.39 Å². The van der Waals surface area contributed by atoms with E-state index in [1.54, 1.807) is 30.1 Å². The molecule has 0 amide bonds. The molecule has 2 rings (SSSR count). The topological polar surface area (TPSA) is 27.1 Å². The Morgan fingerprint density at radius 1 is 1.00 bits per heavy atom. The number of para-hydroxylation sites is 1. The molecule has 17 heavy (non-hydrogen) atoms. The molecule has 0 aromatic heterocycles. The summed E-state index contributed by atoms with van der Waals surface area (Å²) in [6, 6.07) is 15.8. The van der Waals surface area contributed by atoms with E-state index in [2.05, 4.69) is 0 Å². The number of benzene rings is 2. The third-order valence-corrected chi connectivity index (χ3v) is 2.61. The van der Waals surface area contributed by atoms with Crippen molar-refractivity contribution >= 4 is 11.5 Å². The molecule has 0 aliphatic rings. The monoisotopic (exact) mass is 228 g/mol. The van der Waals surface area contributed by atoms with E-state index in [4.69, 9.17) is 5.41 Å². The van der Waals surface area contributed by atoms with Crippen LogP contribution in [0, 0.1) is 11.2 Å². The smallest absolute Gasteiger partial charge is 0.135 e. The first kappa shape index (κ1) is 11.3. The molecule has 0 radical (unpaired) electrons. The van der Waals surface area contributed by atoms with Gasteiger partial charge >= 0.3 is 0 Å². The Balaban J connectivity index is 2.30. The van der Waals surface area contributed by atoms with E-state index in [0.717, 1.165) is 5.69 Å². The molecule has 2 aromatic rings. The lowest BCUT2D eigenvalue weighted by Crippen LogP contribution is -2.27. The minimum atomic E-state index is -0.375. The molecule has 1 N–H and O–H groups in total. The molecule has 0 aliphatic carbocycles. The number of anilines is 1. The lowest BCUT2D eigenvalue weighted by Gasteiger charge is -2.20. The van der Waals surface area contributed by atoms with Gasteiger partial charge in [-0.15, -0.1) is 0 Å². The third-order valence-electron chi connectivity index (χ3n) is 2.61. The molecule has 3 heteroatoms. The number of nitrogens with one attached hydrogen (secondary N) is 1. The van der Waals surface area contributed by atoms with E-state index >= 15 is 0 Å². The number of hydrogen-bond acceptors (Lipinski definition) is 1. The van der Waals surface area contributed by atoms with Crippen molar-refractivity contribution in [2.24, 2.45) is 0 Å². The number of halogens is 1. The summed E-state index contributed by atoms with van der Waals surface area (Å²) in [7, 11) is 1.75. The zero-order valence-corrected chi connectivity index (χ0v) is 9.52. The molecule has 86 valence electrons. The second kappa shape index (κ2) is 4.78. The average molecular weight is 228 g/mol. The molecule has 0 fully saturated rings. The number of hydrogen-bond donors (Lipinski definition) is 1. The van der Waals surface area contributed by atoms with Crippen LogP contribution in [-0.4, -0.2) is 12.9 Å². The molecule has 0 heterocycles. The molecule has 0 saturated heterocycles. The molecular weight excluding hydrogens is 215 g/mol. The zero-order valence-electron chi connectivity index (χ0n) is 9.52. The summed E-state index contributed by atoms with van der Waals surface area (Å²) >= 11 is 0. The highest BCUT2D eigenvalue weighted by atomic mass is 19.1. The molecule has 0 aliphatic heterocycles. The van der Waals surface area contributed by atoms with Crippen LogP contribution in [0.1, 0.15) is 5.56 Å². The van der Waals surface area contributed by atoms with Gasteiger partial charge in [0.2, 0.25) is 0 Å². The lowest BCUT2D eigenvalue weighted by molar-refractivity contribution is 0.624. The first-order valence-electron chi connectivity index (χ1n) is 5.32. The highest BCUT2D eigenvalue weighted by molar-refractivity contribution is 6.07. The maximum absolute atomic E-state index is 13.5. The first-order valence-corrected chi connectivity index (χ1v) is 5.32. The Labute approximate surface area is 99.8 Å². The van der Waals surface area contributed by atoms with Crippen molar-refractivity contribution in [3.8, 4) is 0 Å². The van der Waals surface area contributed by atoms with Gasteiger partial charge in [-0.3, -0.25) is 5.41 Å². The minimum absolute atomic E-state index is 0.148. The average Bonchev–Trinajstić information content (AvgIpc) is 2.39. The number of nitrogens with zero attached hydrogens (tertiary/aromatic N) is 1. The van der Waals surface area contributed by atoms with E-state index in [9.17, 15) is 4.39 Å². The van der Waals surface area contributed by atoms with Crippen LogP contribution < -0.4 is 4.90 Å². The van der Waals surface area contributed by atoms with Crippen LogP contribution in [0.3, 0.4) is 0 Å². The third kappa shape index (κ3) is 2.33. The van der Waals surface area contributed by atoms with E-state index in [-0.39, 0.29) is 11.7 Å². The predicted octanol–water partition coefficient (Wildman–Crippen LogP) is 3.29. The molecule has 2 aromatic carbocycles. The Morgan fingerprint density at radius 3 is 2.24 bits per heavy atom.